The number of hydrogen-bond donors (Lipinski definition) is 1. The molecule has 5 heteroatoms. The monoisotopic (exact) mass is 286 g/mol. The SMILES string of the molecule is CC(=O)N1CCc2ccc(NC(=O)c3ccsc3)cc21. The summed E-state index contributed by atoms with van der Waals surface area (Å²) in [5, 5.41) is 6.54. The largest absolute Gasteiger partial charge is 0.322 e. The van der Waals surface area contributed by atoms with Crippen LogP contribution in [0.3, 0.4) is 0 Å². The quantitative estimate of drug-likeness (QED) is 0.922. The van der Waals surface area contributed by atoms with Gasteiger partial charge in [0.15, 0.2) is 0 Å². The summed E-state index contributed by atoms with van der Waals surface area (Å²) in [5.74, 6) is -0.0939. The van der Waals surface area contributed by atoms with Crippen molar-refractivity contribution in [2.45, 2.75) is 13.3 Å². The molecule has 0 spiro atoms. The van der Waals surface area contributed by atoms with E-state index in [1.54, 1.807) is 17.9 Å². The van der Waals surface area contributed by atoms with Crippen LogP contribution in [0.4, 0.5) is 11.4 Å². The number of thiophene rings is 1. The van der Waals surface area contributed by atoms with Gasteiger partial charge in [-0.2, -0.15) is 11.3 Å². The van der Waals surface area contributed by atoms with Gasteiger partial charge in [-0.05, 0) is 35.6 Å². The maximum Gasteiger partial charge on any atom is 0.256 e. The number of benzene rings is 1. The van der Waals surface area contributed by atoms with E-state index in [-0.39, 0.29) is 11.8 Å². The van der Waals surface area contributed by atoms with Crippen molar-refractivity contribution in [2.24, 2.45) is 0 Å². The van der Waals surface area contributed by atoms with Crippen LogP contribution in [-0.4, -0.2) is 18.4 Å². The molecule has 2 heterocycles. The predicted molar refractivity (Wildman–Crippen MR) is 80.4 cm³/mol. The molecular formula is C15H14N2O2S. The van der Waals surface area contributed by atoms with Crippen LogP contribution in [0.15, 0.2) is 35.0 Å². The Labute approximate surface area is 121 Å². The van der Waals surface area contributed by atoms with E-state index in [4.69, 9.17) is 0 Å². The van der Waals surface area contributed by atoms with E-state index in [0.717, 1.165) is 17.7 Å². The third-order valence-corrected chi connectivity index (χ3v) is 4.09. The van der Waals surface area contributed by atoms with Crippen LogP contribution < -0.4 is 10.2 Å². The molecule has 0 unspecified atom stereocenters. The highest BCUT2D eigenvalue weighted by molar-refractivity contribution is 7.08. The Bertz CT molecular complexity index is 665. The van der Waals surface area contributed by atoms with E-state index in [2.05, 4.69) is 5.32 Å². The van der Waals surface area contributed by atoms with Crippen molar-refractivity contribution in [3.63, 3.8) is 0 Å². The summed E-state index contributed by atoms with van der Waals surface area (Å²) < 4.78 is 0. The number of carbonyl (C=O) groups excluding carboxylic acids is 2. The molecular weight excluding hydrogens is 272 g/mol. The number of hydrogen-bond acceptors (Lipinski definition) is 3. The molecule has 20 heavy (non-hydrogen) atoms. The first-order chi connectivity index (χ1) is 9.65. The van der Waals surface area contributed by atoms with E-state index in [9.17, 15) is 9.59 Å². The molecule has 0 fully saturated rings. The molecule has 2 amide bonds. The average molecular weight is 286 g/mol. The van der Waals surface area contributed by atoms with Crippen molar-refractivity contribution in [3.8, 4) is 0 Å². The second kappa shape index (κ2) is 5.09. The Hall–Kier alpha value is -2.14. The molecule has 0 saturated heterocycles. The molecule has 2 aromatic rings. The van der Waals surface area contributed by atoms with Crippen LogP contribution in [-0.2, 0) is 11.2 Å². The molecule has 0 aliphatic carbocycles. The van der Waals surface area contributed by atoms with Crippen LogP contribution in [0.25, 0.3) is 0 Å². The number of nitrogens with one attached hydrogen (secondary N) is 1. The Kier molecular flexibility index (Phi) is 3.28. The van der Waals surface area contributed by atoms with E-state index in [1.807, 2.05) is 29.0 Å². The van der Waals surface area contributed by atoms with Gasteiger partial charge in [0.1, 0.15) is 0 Å². The summed E-state index contributed by atoms with van der Waals surface area (Å²) >= 11 is 1.49. The molecule has 1 aliphatic heterocycles. The summed E-state index contributed by atoms with van der Waals surface area (Å²) in [5.41, 5.74) is 3.42. The smallest absolute Gasteiger partial charge is 0.256 e. The van der Waals surface area contributed by atoms with Gasteiger partial charge in [0.2, 0.25) is 5.91 Å². The molecule has 1 aromatic carbocycles. The lowest BCUT2D eigenvalue weighted by molar-refractivity contribution is -0.116. The van der Waals surface area contributed by atoms with Crippen LogP contribution in [0.5, 0.6) is 0 Å². The fourth-order valence-electron chi connectivity index (χ4n) is 2.38. The van der Waals surface area contributed by atoms with Crippen molar-refractivity contribution < 1.29 is 9.59 Å². The van der Waals surface area contributed by atoms with Gasteiger partial charge in [-0.1, -0.05) is 6.07 Å². The van der Waals surface area contributed by atoms with Gasteiger partial charge in [-0.3, -0.25) is 9.59 Å². The molecule has 4 nitrogen and oxygen atoms in total. The number of anilines is 2. The Morgan fingerprint density at radius 3 is 2.85 bits per heavy atom. The number of carbonyl (C=O) groups is 2. The van der Waals surface area contributed by atoms with Crippen molar-refractivity contribution >= 4 is 34.5 Å². The highest BCUT2D eigenvalue weighted by atomic mass is 32.1. The average Bonchev–Trinajstić information content (AvgIpc) is 3.07. The molecule has 0 radical (unpaired) electrons. The topological polar surface area (TPSA) is 49.4 Å². The molecule has 1 aromatic heterocycles. The maximum absolute atomic E-state index is 12.0. The molecule has 0 atom stereocenters. The zero-order valence-electron chi connectivity index (χ0n) is 11.1. The number of fused-ring (bicyclic) bond motifs is 1. The summed E-state index contributed by atoms with van der Waals surface area (Å²) in [6.07, 6.45) is 0.869. The first-order valence-electron chi connectivity index (χ1n) is 6.40. The Balaban J connectivity index is 1.84. The lowest BCUT2D eigenvalue weighted by Gasteiger charge is -2.15. The fourth-order valence-corrected chi connectivity index (χ4v) is 3.02. The number of amides is 2. The van der Waals surface area contributed by atoms with Gasteiger partial charge in [0.25, 0.3) is 5.91 Å². The summed E-state index contributed by atoms with van der Waals surface area (Å²) in [4.78, 5) is 25.3. The summed E-state index contributed by atoms with van der Waals surface area (Å²) in [6.45, 7) is 2.28. The molecule has 102 valence electrons. The van der Waals surface area contributed by atoms with Crippen molar-refractivity contribution in [2.75, 3.05) is 16.8 Å². The normalized spacial score (nSPS) is 13.2. The third-order valence-electron chi connectivity index (χ3n) is 3.40. The zero-order valence-corrected chi connectivity index (χ0v) is 11.9. The fraction of sp³-hybridized carbons (Fsp3) is 0.200. The van der Waals surface area contributed by atoms with Crippen molar-refractivity contribution in [1.82, 2.24) is 0 Å². The second-order valence-corrected chi connectivity index (χ2v) is 5.51. The Morgan fingerprint density at radius 1 is 1.30 bits per heavy atom. The minimum atomic E-state index is -0.126. The van der Waals surface area contributed by atoms with Gasteiger partial charge in [-0.25, -0.2) is 0 Å². The van der Waals surface area contributed by atoms with Gasteiger partial charge < -0.3 is 10.2 Å². The highest BCUT2D eigenvalue weighted by Gasteiger charge is 2.22. The first kappa shape index (κ1) is 12.9. The lowest BCUT2D eigenvalue weighted by Crippen LogP contribution is -2.25. The third kappa shape index (κ3) is 2.32. The minimum Gasteiger partial charge on any atom is -0.322 e. The number of nitrogens with zero attached hydrogens (tertiary/aromatic N) is 1. The molecule has 0 bridgehead atoms. The van der Waals surface area contributed by atoms with Crippen molar-refractivity contribution in [1.29, 1.82) is 0 Å². The predicted octanol–water partition coefficient (Wildman–Crippen LogP) is 2.91. The zero-order chi connectivity index (χ0) is 14.1. The van der Waals surface area contributed by atoms with Gasteiger partial charge in [0.05, 0.1) is 5.56 Å². The van der Waals surface area contributed by atoms with Gasteiger partial charge in [0, 0.05) is 30.2 Å². The first-order valence-corrected chi connectivity index (χ1v) is 7.34. The molecule has 0 saturated carbocycles. The Morgan fingerprint density at radius 2 is 2.15 bits per heavy atom. The van der Waals surface area contributed by atoms with E-state index >= 15 is 0 Å². The van der Waals surface area contributed by atoms with E-state index in [0.29, 0.717) is 17.8 Å². The summed E-state index contributed by atoms with van der Waals surface area (Å²) in [7, 11) is 0. The van der Waals surface area contributed by atoms with Crippen LogP contribution in [0.2, 0.25) is 0 Å². The second-order valence-electron chi connectivity index (χ2n) is 4.73. The minimum absolute atomic E-state index is 0.0325. The van der Waals surface area contributed by atoms with Crippen LogP contribution >= 0.6 is 11.3 Å². The van der Waals surface area contributed by atoms with Gasteiger partial charge in [-0.15, -0.1) is 0 Å². The highest BCUT2D eigenvalue weighted by Crippen LogP contribution is 2.31. The van der Waals surface area contributed by atoms with Crippen molar-refractivity contribution in [3.05, 3.63) is 46.2 Å². The summed E-state index contributed by atoms with van der Waals surface area (Å²) in [6, 6.07) is 7.51. The van der Waals surface area contributed by atoms with Crippen LogP contribution in [0.1, 0.15) is 22.8 Å². The standard InChI is InChI=1S/C15H14N2O2S/c1-10(18)17-6-4-11-2-3-13(8-14(11)17)16-15(19)12-5-7-20-9-12/h2-3,5,7-9H,4,6H2,1H3,(H,16,19). The molecule has 3 rings (SSSR count). The molecule has 1 aliphatic rings. The van der Waals surface area contributed by atoms with Crippen LogP contribution in [0, 0.1) is 0 Å². The lowest BCUT2D eigenvalue weighted by atomic mass is 10.1. The number of rotatable bonds is 2. The van der Waals surface area contributed by atoms with E-state index < -0.39 is 0 Å². The molecule has 1 N–H and O–H groups in total. The maximum atomic E-state index is 12.0. The van der Waals surface area contributed by atoms with E-state index in [1.165, 1.54) is 11.3 Å². The van der Waals surface area contributed by atoms with Gasteiger partial charge >= 0.3 is 0 Å².